The molecule has 3 rings (SSSR count). The van der Waals surface area contributed by atoms with Gasteiger partial charge < -0.3 is 15.4 Å². The highest BCUT2D eigenvalue weighted by molar-refractivity contribution is 7.80. The molecule has 1 atom stereocenters. The fraction of sp³-hybridized carbons (Fsp3) is 0.333. The van der Waals surface area contributed by atoms with Crippen molar-refractivity contribution in [3.05, 3.63) is 95.1 Å². The Morgan fingerprint density at radius 3 is 2.17 bits per heavy atom. The molecule has 0 spiro atoms. The highest BCUT2D eigenvalue weighted by Crippen LogP contribution is 2.25. The average Bonchev–Trinajstić information content (AvgIpc) is 2.82. The lowest BCUT2D eigenvalue weighted by atomic mass is 9.86. The molecular formula is C30H36N2O2S. The maximum absolute atomic E-state index is 13.1. The van der Waals surface area contributed by atoms with Crippen molar-refractivity contribution < 1.29 is 9.53 Å². The number of carbonyl (C=O) groups excluding carboxylic acids is 1. The summed E-state index contributed by atoms with van der Waals surface area (Å²) in [5.74, 6) is 1.30. The predicted octanol–water partition coefficient (Wildman–Crippen LogP) is 7.30. The van der Waals surface area contributed by atoms with Gasteiger partial charge in [0.1, 0.15) is 5.75 Å². The van der Waals surface area contributed by atoms with Gasteiger partial charge in [-0.25, -0.2) is 0 Å². The maximum Gasteiger partial charge on any atom is 0.193 e. The molecule has 184 valence electrons. The lowest BCUT2D eigenvalue weighted by Crippen LogP contribution is -2.33. The Hall–Kier alpha value is -3.18. The van der Waals surface area contributed by atoms with Gasteiger partial charge in [0.25, 0.3) is 0 Å². The van der Waals surface area contributed by atoms with Crippen molar-refractivity contribution in [2.75, 3.05) is 12.4 Å². The van der Waals surface area contributed by atoms with E-state index < -0.39 is 0 Å². The Morgan fingerprint density at radius 1 is 0.943 bits per heavy atom. The molecular weight excluding hydrogens is 452 g/mol. The van der Waals surface area contributed by atoms with E-state index in [1.807, 2.05) is 60.7 Å². The number of methoxy groups -OCH3 is 1. The van der Waals surface area contributed by atoms with Gasteiger partial charge >= 0.3 is 0 Å². The van der Waals surface area contributed by atoms with Gasteiger partial charge in [0.15, 0.2) is 10.9 Å². The SMILES string of the molecule is COc1ccc([C@@H](CC(C)C)NC(=S)Nc2cccc(C(=O)c3ccc(C(C)(C)C)cc3)c2)cc1. The van der Waals surface area contributed by atoms with Crippen LogP contribution in [0.2, 0.25) is 0 Å². The molecule has 0 aromatic heterocycles. The van der Waals surface area contributed by atoms with E-state index in [-0.39, 0.29) is 17.2 Å². The number of rotatable bonds is 8. The Balaban J connectivity index is 1.71. The molecule has 0 unspecified atom stereocenters. The van der Waals surface area contributed by atoms with Gasteiger partial charge in [0.2, 0.25) is 0 Å². The highest BCUT2D eigenvalue weighted by Gasteiger charge is 2.17. The van der Waals surface area contributed by atoms with Crippen LogP contribution in [0.15, 0.2) is 72.8 Å². The number of thiocarbonyl (C=S) groups is 1. The monoisotopic (exact) mass is 488 g/mol. The zero-order valence-electron chi connectivity index (χ0n) is 21.5. The molecule has 0 aliphatic rings. The van der Waals surface area contributed by atoms with Crippen LogP contribution in [0.1, 0.15) is 74.1 Å². The van der Waals surface area contributed by atoms with Crippen LogP contribution in [-0.4, -0.2) is 18.0 Å². The minimum Gasteiger partial charge on any atom is -0.497 e. The highest BCUT2D eigenvalue weighted by atomic mass is 32.1. The van der Waals surface area contributed by atoms with Crippen molar-refractivity contribution in [2.45, 2.75) is 52.5 Å². The van der Waals surface area contributed by atoms with Crippen molar-refractivity contribution in [2.24, 2.45) is 5.92 Å². The summed E-state index contributed by atoms with van der Waals surface area (Å²) in [6, 6.07) is 23.4. The standard InChI is InChI=1S/C30H36N2O2S/c1-20(2)18-27(21-12-16-26(34-6)17-13-21)32-29(35)31-25-9-7-8-23(19-25)28(33)22-10-14-24(15-11-22)30(3,4)5/h7-17,19-20,27H,18H2,1-6H3,(H2,31,32,35)/t27-/m1/s1. The van der Waals surface area contributed by atoms with Gasteiger partial charge in [0.05, 0.1) is 13.2 Å². The number of ether oxygens (including phenoxy) is 1. The van der Waals surface area contributed by atoms with Gasteiger partial charge in [-0.1, -0.05) is 83.1 Å². The van der Waals surface area contributed by atoms with Crippen molar-refractivity contribution in [1.82, 2.24) is 5.32 Å². The zero-order valence-corrected chi connectivity index (χ0v) is 22.3. The van der Waals surface area contributed by atoms with E-state index in [0.717, 1.165) is 23.4 Å². The van der Waals surface area contributed by atoms with E-state index in [2.05, 4.69) is 57.4 Å². The fourth-order valence-electron chi connectivity index (χ4n) is 3.94. The second-order valence-corrected chi connectivity index (χ2v) is 10.7. The van der Waals surface area contributed by atoms with Crippen LogP contribution >= 0.6 is 12.2 Å². The molecule has 35 heavy (non-hydrogen) atoms. The van der Waals surface area contributed by atoms with E-state index in [0.29, 0.717) is 22.2 Å². The molecule has 0 radical (unpaired) electrons. The first-order chi connectivity index (χ1) is 16.6. The van der Waals surface area contributed by atoms with Crippen molar-refractivity contribution >= 4 is 28.8 Å². The summed E-state index contributed by atoms with van der Waals surface area (Å²) in [6.45, 7) is 10.9. The van der Waals surface area contributed by atoms with Crippen molar-refractivity contribution in [1.29, 1.82) is 0 Å². The van der Waals surface area contributed by atoms with Crippen LogP contribution < -0.4 is 15.4 Å². The molecule has 4 nitrogen and oxygen atoms in total. The summed E-state index contributed by atoms with van der Waals surface area (Å²) in [6.07, 6.45) is 0.928. The third kappa shape index (κ3) is 7.40. The number of hydrogen-bond acceptors (Lipinski definition) is 3. The van der Waals surface area contributed by atoms with Crippen LogP contribution in [0.5, 0.6) is 5.75 Å². The fourth-order valence-corrected chi connectivity index (χ4v) is 4.20. The first-order valence-corrected chi connectivity index (χ1v) is 12.4. The van der Waals surface area contributed by atoms with E-state index >= 15 is 0 Å². The molecule has 2 N–H and O–H groups in total. The number of ketones is 1. The summed E-state index contributed by atoms with van der Waals surface area (Å²) in [5, 5.41) is 7.22. The van der Waals surface area contributed by atoms with Gasteiger partial charge in [-0.3, -0.25) is 4.79 Å². The second kappa shape index (κ2) is 11.5. The minimum absolute atomic E-state index is 0.0103. The first-order valence-electron chi connectivity index (χ1n) is 12.0. The molecule has 0 heterocycles. The van der Waals surface area contributed by atoms with Gasteiger partial charge in [0, 0.05) is 16.8 Å². The minimum atomic E-state index is -0.0103. The molecule has 3 aromatic rings. The third-order valence-electron chi connectivity index (χ3n) is 5.93. The van der Waals surface area contributed by atoms with Crippen LogP contribution in [0, 0.1) is 5.92 Å². The van der Waals surface area contributed by atoms with Crippen LogP contribution in [0.4, 0.5) is 5.69 Å². The zero-order chi connectivity index (χ0) is 25.6. The summed E-state index contributed by atoms with van der Waals surface area (Å²) in [7, 11) is 1.66. The quantitative estimate of drug-likeness (QED) is 0.257. The molecule has 5 heteroatoms. The molecule has 0 bridgehead atoms. The lowest BCUT2D eigenvalue weighted by Gasteiger charge is -2.23. The molecule has 0 saturated heterocycles. The maximum atomic E-state index is 13.1. The summed E-state index contributed by atoms with van der Waals surface area (Å²) < 4.78 is 5.29. The molecule has 0 saturated carbocycles. The van der Waals surface area contributed by atoms with Gasteiger partial charge in [-0.2, -0.15) is 0 Å². The van der Waals surface area contributed by atoms with Crippen LogP contribution in [-0.2, 0) is 5.41 Å². The Morgan fingerprint density at radius 2 is 1.60 bits per heavy atom. The molecule has 0 amide bonds. The number of nitrogens with one attached hydrogen (secondary N) is 2. The Bertz CT molecular complexity index is 1150. The van der Waals surface area contributed by atoms with Crippen LogP contribution in [0.25, 0.3) is 0 Å². The molecule has 3 aromatic carbocycles. The molecule has 0 fully saturated rings. The Kier molecular flexibility index (Phi) is 8.68. The van der Waals surface area contributed by atoms with Crippen LogP contribution in [0.3, 0.4) is 0 Å². The van der Waals surface area contributed by atoms with Gasteiger partial charge in [-0.15, -0.1) is 0 Å². The summed E-state index contributed by atoms with van der Waals surface area (Å²) in [5.41, 5.74) is 4.47. The first kappa shape index (κ1) is 26.4. The van der Waals surface area contributed by atoms with E-state index in [1.165, 1.54) is 5.56 Å². The lowest BCUT2D eigenvalue weighted by molar-refractivity contribution is 0.103. The van der Waals surface area contributed by atoms with Gasteiger partial charge in [-0.05, 0) is 65.4 Å². The van der Waals surface area contributed by atoms with Crippen molar-refractivity contribution in [3.63, 3.8) is 0 Å². The summed E-state index contributed by atoms with van der Waals surface area (Å²) >= 11 is 5.63. The number of benzene rings is 3. The van der Waals surface area contributed by atoms with Crippen molar-refractivity contribution in [3.8, 4) is 5.75 Å². The smallest absolute Gasteiger partial charge is 0.193 e. The normalized spacial score (nSPS) is 12.2. The number of carbonyl (C=O) groups is 1. The Labute approximate surface area is 215 Å². The van der Waals surface area contributed by atoms with E-state index in [1.54, 1.807) is 7.11 Å². The second-order valence-electron chi connectivity index (χ2n) is 10.3. The number of anilines is 1. The molecule has 0 aliphatic carbocycles. The third-order valence-corrected chi connectivity index (χ3v) is 6.15. The molecule has 0 aliphatic heterocycles. The van der Waals surface area contributed by atoms with E-state index in [4.69, 9.17) is 17.0 Å². The number of hydrogen-bond donors (Lipinski definition) is 2. The predicted molar refractivity (Wildman–Crippen MR) is 150 cm³/mol. The van der Waals surface area contributed by atoms with E-state index in [9.17, 15) is 4.79 Å². The largest absolute Gasteiger partial charge is 0.497 e. The summed E-state index contributed by atoms with van der Waals surface area (Å²) in [4.78, 5) is 13.1. The topological polar surface area (TPSA) is 50.4 Å². The average molecular weight is 489 g/mol.